The Balaban J connectivity index is 0. The van der Waals surface area contributed by atoms with Gasteiger partial charge < -0.3 is 0 Å². The predicted molar refractivity (Wildman–Crippen MR) is 22.7 cm³/mol. The van der Waals surface area contributed by atoms with Gasteiger partial charge in [0.2, 0.25) is 0 Å². The van der Waals surface area contributed by atoms with Gasteiger partial charge in [-0.15, -0.1) is 0 Å². The molecular weight excluding hydrogens is 183 g/mol. The van der Waals surface area contributed by atoms with Gasteiger partial charge >= 0.3 is 0 Å². The predicted octanol–water partition coefficient (Wildman–Crippen LogP) is -2.91. The Bertz CT molecular complexity index is 4.00. The number of hydrogen-bond donors (Lipinski definition) is 0. The largest absolute Gasteiger partial charge is 0.0149 e. The molecule has 0 atom stereocenters. The van der Waals surface area contributed by atoms with Gasteiger partial charge in [-0.25, -0.2) is 0 Å². The van der Waals surface area contributed by atoms with Crippen LogP contribution in [0.25, 0.3) is 0 Å². The molecule has 0 aliphatic carbocycles. The fraction of sp³-hybridized carbons (Fsp3) is 0. The van der Waals surface area contributed by atoms with Crippen LogP contribution in [0.2, 0.25) is 0 Å². The summed E-state index contributed by atoms with van der Waals surface area (Å²) in [6.45, 7) is 0. The van der Waals surface area contributed by atoms with Gasteiger partial charge in [0.25, 0.3) is 0 Å². The molecule has 38 valence electrons. The van der Waals surface area contributed by atoms with Gasteiger partial charge in [-0.2, -0.15) is 0 Å². The van der Waals surface area contributed by atoms with E-state index in [1.807, 2.05) is 0 Å². The van der Waals surface area contributed by atoms with Crippen molar-refractivity contribution in [1.82, 2.24) is 0 Å². The van der Waals surface area contributed by atoms with Crippen molar-refractivity contribution < 1.29 is 34.1 Å². The van der Waals surface area contributed by atoms with E-state index >= 15 is 0 Å². The van der Waals surface area contributed by atoms with Crippen molar-refractivity contribution in [3.63, 3.8) is 0 Å². The number of rotatable bonds is 0. The van der Waals surface area contributed by atoms with Gasteiger partial charge in [0.1, 0.15) is 0 Å². The van der Waals surface area contributed by atoms with E-state index in [1.54, 1.807) is 0 Å². The monoisotopic (exact) mass is 190 g/mol. The van der Waals surface area contributed by atoms with E-state index in [0.29, 0.717) is 0 Å². The molecule has 0 heterocycles. The van der Waals surface area contributed by atoms with Gasteiger partial charge in [-0.05, 0) is 21.9 Å². The molecule has 0 saturated carbocycles. The molecule has 4 heavy (non-hydrogen) atoms. The van der Waals surface area contributed by atoms with E-state index in [-0.39, 0.29) is 56.1 Å². The third kappa shape index (κ3) is 9.79. The van der Waals surface area contributed by atoms with E-state index in [1.165, 1.54) is 0 Å². The molecule has 0 bridgehead atoms. The Labute approximate surface area is 56.1 Å². The van der Waals surface area contributed by atoms with E-state index in [2.05, 4.69) is 0 Å². The van der Waals surface area contributed by atoms with Crippen LogP contribution in [-0.4, -0.2) is 21.9 Å². The topological polar surface area (TPSA) is 0 Å². The summed E-state index contributed by atoms with van der Waals surface area (Å²) in [5, 5.41) is 0. The van der Waals surface area contributed by atoms with Crippen molar-refractivity contribution >= 4 is 21.9 Å². The summed E-state index contributed by atoms with van der Waals surface area (Å²) in [7, 11) is 0. The second-order valence-corrected chi connectivity index (χ2v) is 0. The zero-order valence-electron chi connectivity index (χ0n) is 0.603. The smallest absolute Gasteiger partial charge is 0 e. The minimum atomic E-state index is 0. The van der Waals surface area contributed by atoms with Crippen molar-refractivity contribution in [2.24, 2.45) is 0 Å². The van der Waals surface area contributed by atoms with Gasteiger partial charge in [-0.1, -0.05) is 0 Å². The average Bonchev–Trinajstić information content (AvgIpc) is 0. The number of hydrogen-bond acceptors (Lipinski definition) is 0. The average molecular weight is 191 g/mol. The van der Waals surface area contributed by atoms with Gasteiger partial charge in [0.15, 0.2) is 0 Å². The second kappa shape index (κ2) is 24.9. The molecule has 0 aromatic carbocycles. The Hall–Kier alpha value is 1.47. The first-order valence-corrected chi connectivity index (χ1v) is 0. The molecule has 0 rings (SSSR count). The molecule has 0 spiro atoms. The van der Waals surface area contributed by atoms with Crippen LogP contribution in [-0.2, 0) is 34.1 Å². The summed E-state index contributed by atoms with van der Waals surface area (Å²) in [4.78, 5) is 0. The van der Waals surface area contributed by atoms with E-state index in [9.17, 15) is 0 Å². The van der Waals surface area contributed by atoms with E-state index in [4.69, 9.17) is 0 Å². The van der Waals surface area contributed by atoms with Crippen LogP contribution in [0.1, 0.15) is 0 Å². The molecule has 0 nitrogen and oxygen atoms in total. The summed E-state index contributed by atoms with van der Waals surface area (Å²) in [5.74, 6) is 0. The molecule has 4 heteroatoms. The third-order valence-electron chi connectivity index (χ3n) is 0. The zero-order valence-corrected chi connectivity index (χ0v) is 2.49. The Morgan fingerprint density at radius 1 is 0.500 bits per heavy atom. The molecule has 2 radical (unpaired) electrons. The fourth-order valence-electron chi connectivity index (χ4n) is 0. The maximum atomic E-state index is 0. The van der Waals surface area contributed by atoms with E-state index < -0.39 is 0 Å². The molecule has 0 aromatic rings. The molecule has 0 aliphatic heterocycles. The maximum Gasteiger partial charge on any atom is 0 e. The second-order valence-electron chi connectivity index (χ2n) is 0. The van der Waals surface area contributed by atoms with Gasteiger partial charge in [0.05, 0.1) is 0 Å². The Morgan fingerprint density at radius 2 is 0.500 bits per heavy atom. The SMILES string of the molecule is [Cu].[Cu].[SiH4].[SiH4]. The molecule has 0 N–H and O–H groups in total. The normalized spacial score (nSPS) is 0. The Morgan fingerprint density at radius 3 is 0.500 bits per heavy atom. The minimum absolute atomic E-state index is 0. The van der Waals surface area contributed by atoms with Crippen LogP contribution in [0.5, 0.6) is 0 Å². The molecule has 0 aliphatic rings. The van der Waals surface area contributed by atoms with Crippen molar-refractivity contribution in [2.75, 3.05) is 0 Å². The standard InChI is InChI=1S/2Cu.2H4Si/h;;2*1H4. The first kappa shape index (κ1) is 50.5. The molecular formula is H8Cu2Si2. The first-order valence-electron chi connectivity index (χ1n) is 0. The van der Waals surface area contributed by atoms with Crippen molar-refractivity contribution in [3.05, 3.63) is 0 Å². The summed E-state index contributed by atoms with van der Waals surface area (Å²) in [5.41, 5.74) is 0. The van der Waals surface area contributed by atoms with Crippen molar-refractivity contribution in [3.8, 4) is 0 Å². The molecule has 0 fully saturated rings. The molecule has 0 aromatic heterocycles. The third-order valence-corrected chi connectivity index (χ3v) is 0. The summed E-state index contributed by atoms with van der Waals surface area (Å²) in [6, 6.07) is 0. The van der Waals surface area contributed by atoms with Crippen LogP contribution in [0.15, 0.2) is 0 Å². The Kier molecular flexibility index (Phi) is 314. The van der Waals surface area contributed by atoms with Crippen LogP contribution < -0.4 is 0 Å². The van der Waals surface area contributed by atoms with Gasteiger partial charge in [0, 0.05) is 34.1 Å². The molecule has 0 saturated heterocycles. The first-order chi connectivity index (χ1) is 0. The van der Waals surface area contributed by atoms with Crippen LogP contribution in [0, 0.1) is 0 Å². The van der Waals surface area contributed by atoms with E-state index in [0.717, 1.165) is 0 Å². The van der Waals surface area contributed by atoms with Crippen LogP contribution in [0.3, 0.4) is 0 Å². The molecule has 0 amide bonds. The van der Waals surface area contributed by atoms with Gasteiger partial charge in [-0.3, -0.25) is 0 Å². The van der Waals surface area contributed by atoms with Crippen LogP contribution >= 0.6 is 0 Å². The zero-order chi connectivity index (χ0) is 0. The summed E-state index contributed by atoms with van der Waals surface area (Å²) in [6.07, 6.45) is 0. The summed E-state index contributed by atoms with van der Waals surface area (Å²) >= 11 is 0. The quantitative estimate of drug-likeness (QED) is 0.360. The van der Waals surface area contributed by atoms with Crippen molar-refractivity contribution in [2.45, 2.75) is 0 Å². The minimum Gasteiger partial charge on any atom is -0.0149 e. The summed E-state index contributed by atoms with van der Waals surface area (Å²) < 4.78 is 0. The fourth-order valence-corrected chi connectivity index (χ4v) is 0. The van der Waals surface area contributed by atoms with Crippen molar-refractivity contribution in [1.29, 1.82) is 0 Å². The molecule has 0 unspecified atom stereocenters. The van der Waals surface area contributed by atoms with Crippen LogP contribution in [0.4, 0.5) is 0 Å². The maximum absolute atomic E-state index is 0.